The molecule has 0 bridgehead atoms. The van der Waals surface area contributed by atoms with Gasteiger partial charge in [0.1, 0.15) is 0 Å². The number of hydrogen-bond donors (Lipinski definition) is 3. The van der Waals surface area contributed by atoms with Crippen molar-refractivity contribution in [2.75, 3.05) is 6.54 Å². The number of ether oxygens (including phenoxy) is 1. The molecule has 1 rings (SSSR count). The Bertz CT molecular complexity index is 306. The van der Waals surface area contributed by atoms with Gasteiger partial charge in [0.25, 0.3) is 0 Å². The Morgan fingerprint density at radius 1 is 1.44 bits per heavy atom. The number of amides is 1. The molecule has 104 valence electrons. The van der Waals surface area contributed by atoms with Gasteiger partial charge in [-0.15, -0.1) is 0 Å². The summed E-state index contributed by atoms with van der Waals surface area (Å²) in [6.45, 7) is 4.34. The third kappa shape index (κ3) is 4.62. The van der Waals surface area contributed by atoms with Gasteiger partial charge in [0, 0.05) is 6.54 Å². The highest BCUT2D eigenvalue weighted by atomic mass is 16.5. The zero-order valence-corrected chi connectivity index (χ0v) is 10.9. The van der Waals surface area contributed by atoms with Crippen LogP contribution in [0.25, 0.3) is 0 Å². The summed E-state index contributed by atoms with van der Waals surface area (Å²) < 4.78 is 5.28. The fraction of sp³-hybridized carbons (Fsp3) is 0.833. The molecule has 6 heteroatoms. The van der Waals surface area contributed by atoms with Gasteiger partial charge in [0.15, 0.2) is 6.10 Å². The van der Waals surface area contributed by atoms with Gasteiger partial charge in [-0.05, 0) is 25.2 Å². The van der Waals surface area contributed by atoms with Crippen LogP contribution in [0.1, 0.15) is 33.1 Å². The molecule has 1 saturated heterocycles. The predicted molar refractivity (Wildman–Crippen MR) is 66.0 cm³/mol. The largest absolute Gasteiger partial charge is 0.479 e. The first-order valence-electron chi connectivity index (χ1n) is 6.31. The molecule has 1 amide bonds. The monoisotopic (exact) mass is 258 g/mol. The summed E-state index contributed by atoms with van der Waals surface area (Å²) >= 11 is 0. The van der Waals surface area contributed by atoms with Crippen LogP contribution in [-0.2, 0) is 14.3 Å². The molecule has 0 aromatic rings. The van der Waals surface area contributed by atoms with Crippen LogP contribution in [0, 0.1) is 5.92 Å². The number of nitrogens with one attached hydrogen (secondary N) is 1. The number of carboxylic acids is 1. The number of nitrogens with two attached hydrogens (primary N) is 1. The molecule has 0 aromatic heterocycles. The van der Waals surface area contributed by atoms with Crippen molar-refractivity contribution in [3.8, 4) is 0 Å². The Morgan fingerprint density at radius 3 is 2.61 bits per heavy atom. The van der Waals surface area contributed by atoms with E-state index in [-0.39, 0.29) is 12.0 Å². The molecule has 0 aliphatic carbocycles. The molecular weight excluding hydrogens is 236 g/mol. The molecule has 0 spiro atoms. The minimum atomic E-state index is -0.944. The van der Waals surface area contributed by atoms with Crippen molar-refractivity contribution in [3.05, 3.63) is 0 Å². The Balaban J connectivity index is 2.25. The highest BCUT2D eigenvalue weighted by Crippen LogP contribution is 2.19. The second-order valence-electron chi connectivity index (χ2n) is 5.14. The van der Waals surface area contributed by atoms with Crippen LogP contribution in [-0.4, -0.2) is 41.8 Å². The molecule has 0 saturated carbocycles. The van der Waals surface area contributed by atoms with E-state index in [9.17, 15) is 9.59 Å². The molecule has 0 aromatic carbocycles. The average Bonchev–Trinajstić information content (AvgIpc) is 2.73. The average molecular weight is 258 g/mol. The van der Waals surface area contributed by atoms with Crippen molar-refractivity contribution in [3.63, 3.8) is 0 Å². The van der Waals surface area contributed by atoms with E-state index in [1.54, 1.807) is 0 Å². The molecule has 1 heterocycles. The number of aliphatic carboxylic acids is 1. The lowest BCUT2D eigenvalue weighted by Crippen LogP contribution is -2.44. The Labute approximate surface area is 107 Å². The minimum absolute atomic E-state index is 0.203. The quantitative estimate of drug-likeness (QED) is 0.627. The van der Waals surface area contributed by atoms with Crippen molar-refractivity contribution in [2.45, 2.75) is 51.4 Å². The molecule has 1 aliphatic heterocycles. The van der Waals surface area contributed by atoms with E-state index in [1.807, 2.05) is 13.8 Å². The highest BCUT2D eigenvalue weighted by Gasteiger charge is 2.30. The summed E-state index contributed by atoms with van der Waals surface area (Å²) in [6.07, 6.45) is 0.817. The Hall–Kier alpha value is -1.14. The summed E-state index contributed by atoms with van der Waals surface area (Å²) in [6, 6.07) is -0.512. The van der Waals surface area contributed by atoms with E-state index in [2.05, 4.69) is 5.32 Å². The van der Waals surface area contributed by atoms with Gasteiger partial charge in [0.05, 0.1) is 12.1 Å². The van der Waals surface area contributed by atoms with Crippen LogP contribution < -0.4 is 11.1 Å². The zero-order chi connectivity index (χ0) is 13.7. The van der Waals surface area contributed by atoms with Crippen LogP contribution >= 0.6 is 0 Å². The van der Waals surface area contributed by atoms with Crippen LogP contribution in [0.3, 0.4) is 0 Å². The molecule has 6 nitrogen and oxygen atoms in total. The number of hydrogen-bond acceptors (Lipinski definition) is 4. The normalized spacial score (nSPS) is 25.1. The second kappa shape index (κ2) is 6.70. The van der Waals surface area contributed by atoms with E-state index >= 15 is 0 Å². The van der Waals surface area contributed by atoms with E-state index in [0.717, 1.165) is 0 Å². The van der Waals surface area contributed by atoms with Crippen LogP contribution in [0.5, 0.6) is 0 Å². The van der Waals surface area contributed by atoms with Gasteiger partial charge < -0.3 is 20.9 Å². The summed E-state index contributed by atoms with van der Waals surface area (Å²) in [5.41, 5.74) is 5.73. The minimum Gasteiger partial charge on any atom is -0.479 e. The first kappa shape index (κ1) is 14.9. The standard InChI is InChI=1S/C12H22N2O4/c1-7(2)5-9(13)11(15)14-6-8-3-4-10(18-8)12(16)17/h7-10H,3-6,13H2,1-2H3,(H,14,15)(H,16,17)/t8?,9-,10?/m0/s1. The Kier molecular flexibility index (Phi) is 5.55. The molecule has 2 unspecified atom stereocenters. The summed E-state index contributed by atoms with van der Waals surface area (Å²) in [5, 5.41) is 11.5. The van der Waals surface area contributed by atoms with E-state index in [4.69, 9.17) is 15.6 Å². The van der Waals surface area contributed by atoms with E-state index in [0.29, 0.717) is 31.7 Å². The van der Waals surface area contributed by atoms with E-state index < -0.39 is 18.1 Å². The summed E-state index contributed by atoms with van der Waals surface area (Å²) in [5.74, 6) is -0.781. The maximum Gasteiger partial charge on any atom is 0.332 e. The smallest absolute Gasteiger partial charge is 0.332 e. The molecule has 4 N–H and O–H groups in total. The lowest BCUT2D eigenvalue weighted by Gasteiger charge is -2.16. The van der Waals surface area contributed by atoms with Gasteiger partial charge in [-0.2, -0.15) is 0 Å². The maximum absolute atomic E-state index is 11.6. The third-order valence-corrected chi connectivity index (χ3v) is 2.95. The second-order valence-corrected chi connectivity index (χ2v) is 5.14. The molecule has 1 fully saturated rings. The summed E-state index contributed by atoms with van der Waals surface area (Å²) in [4.78, 5) is 22.3. The van der Waals surface area contributed by atoms with Crippen molar-refractivity contribution < 1.29 is 19.4 Å². The van der Waals surface area contributed by atoms with Gasteiger partial charge in [-0.25, -0.2) is 4.79 Å². The first-order chi connectivity index (χ1) is 8.40. The van der Waals surface area contributed by atoms with Crippen LogP contribution in [0.4, 0.5) is 0 Å². The zero-order valence-electron chi connectivity index (χ0n) is 10.9. The van der Waals surface area contributed by atoms with E-state index in [1.165, 1.54) is 0 Å². The topological polar surface area (TPSA) is 102 Å². The number of rotatable bonds is 6. The van der Waals surface area contributed by atoms with Crippen molar-refractivity contribution in [1.29, 1.82) is 0 Å². The molecule has 0 radical (unpaired) electrons. The Morgan fingerprint density at radius 2 is 2.11 bits per heavy atom. The molecular formula is C12H22N2O4. The van der Waals surface area contributed by atoms with Crippen molar-refractivity contribution in [1.82, 2.24) is 5.32 Å². The lowest BCUT2D eigenvalue weighted by molar-refractivity contribution is -0.149. The predicted octanol–water partition coefficient (Wildman–Crippen LogP) is 0.108. The molecule has 3 atom stereocenters. The van der Waals surface area contributed by atoms with Crippen LogP contribution in [0.15, 0.2) is 0 Å². The molecule has 18 heavy (non-hydrogen) atoms. The third-order valence-electron chi connectivity index (χ3n) is 2.95. The van der Waals surface area contributed by atoms with Gasteiger partial charge in [-0.1, -0.05) is 13.8 Å². The highest BCUT2D eigenvalue weighted by molar-refractivity contribution is 5.81. The fourth-order valence-electron chi connectivity index (χ4n) is 2.00. The fourth-order valence-corrected chi connectivity index (χ4v) is 2.00. The van der Waals surface area contributed by atoms with Gasteiger partial charge in [0.2, 0.25) is 5.91 Å². The number of carboxylic acid groups (broad SMARTS) is 1. The number of carbonyl (C=O) groups is 2. The van der Waals surface area contributed by atoms with Crippen molar-refractivity contribution >= 4 is 11.9 Å². The van der Waals surface area contributed by atoms with Gasteiger partial charge in [-0.3, -0.25) is 4.79 Å². The molecule has 1 aliphatic rings. The van der Waals surface area contributed by atoms with Crippen LogP contribution in [0.2, 0.25) is 0 Å². The maximum atomic E-state index is 11.6. The summed E-state index contributed by atoms with van der Waals surface area (Å²) in [7, 11) is 0. The number of carbonyl (C=O) groups excluding carboxylic acids is 1. The lowest BCUT2D eigenvalue weighted by atomic mass is 10.0. The van der Waals surface area contributed by atoms with Gasteiger partial charge >= 0.3 is 5.97 Å². The SMILES string of the molecule is CC(C)C[C@H](N)C(=O)NCC1CCC(C(=O)O)O1. The van der Waals surface area contributed by atoms with Crippen molar-refractivity contribution in [2.24, 2.45) is 11.7 Å². The first-order valence-corrected chi connectivity index (χ1v) is 6.31.